The Kier molecular flexibility index (Phi) is 5.91. The molecule has 0 fully saturated rings. The van der Waals surface area contributed by atoms with Gasteiger partial charge in [0.15, 0.2) is 11.5 Å². The second kappa shape index (κ2) is 9.02. The minimum Gasteiger partial charge on any atom is -0.454 e. The van der Waals surface area contributed by atoms with Gasteiger partial charge in [0.2, 0.25) is 6.79 Å². The Labute approximate surface area is 203 Å². The molecular weight excluding hydrogens is 450 g/mol. The summed E-state index contributed by atoms with van der Waals surface area (Å²) in [6.07, 6.45) is 9.25. The predicted molar refractivity (Wildman–Crippen MR) is 128 cm³/mol. The van der Waals surface area contributed by atoms with E-state index in [0.717, 1.165) is 22.4 Å². The zero-order chi connectivity index (χ0) is 23.7. The number of nitriles is 1. The van der Waals surface area contributed by atoms with Crippen LogP contribution in [0.4, 0.5) is 0 Å². The van der Waals surface area contributed by atoms with Gasteiger partial charge < -0.3 is 18.8 Å². The minimum atomic E-state index is -0.664. The second-order valence-corrected chi connectivity index (χ2v) is 9.11. The Balaban J connectivity index is 1.50. The van der Waals surface area contributed by atoms with Gasteiger partial charge in [-0.1, -0.05) is 60.2 Å². The molecule has 0 bridgehead atoms. The third-order valence-corrected chi connectivity index (χ3v) is 6.75. The van der Waals surface area contributed by atoms with Crippen LogP contribution in [0.25, 0.3) is 0 Å². The standard InChI is InChI=1S/C27H24ClN3O3/c1-27(15-29)9-8-19(10-21(27)18-6-4-3-5-7-18)26(23-13-30-16-31(23)2)32-14-20-11-24-25(12-22(20)28)34-17-33-24/h3-13,16,21,26H,14,17H2,1-2H3. The molecule has 34 heavy (non-hydrogen) atoms. The van der Waals surface area contributed by atoms with Crippen molar-refractivity contribution in [1.82, 2.24) is 9.55 Å². The highest BCUT2D eigenvalue weighted by Gasteiger charge is 2.36. The number of rotatable bonds is 6. The van der Waals surface area contributed by atoms with E-state index in [0.29, 0.717) is 16.5 Å². The van der Waals surface area contributed by atoms with E-state index in [4.69, 9.17) is 25.8 Å². The summed E-state index contributed by atoms with van der Waals surface area (Å²) >= 11 is 6.49. The van der Waals surface area contributed by atoms with E-state index in [1.165, 1.54) is 0 Å². The number of halogens is 1. The van der Waals surface area contributed by atoms with Crippen molar-refractivity contribution in [3.8, 4) is 17.6 Å². The number of aromatic nitrogens is 2. The first-order valence-corrected chi connectivity index (χ1v) is 11.4. The molecule has 6 nitrogen and oxygen atoms in total. The largest absolute Gasteiger partial charge is 0.454 e. The van der Waals surface area contributed by atoms with Crippen LogP contribution in [0.15, 0.2) is 78.8 Å². The van der Waals surface area contributed by atoms with Gasteiger partial charge in [0.25, 0.3) is 0 Å². The molecule has 0 amide bonds. The number of allylic oxidation sites excluding steroid dienone is 2. The van der Waals surface area contributed by atoms with E-state index in [1.807, 2.05) is 55.0 Å². The summed E-state index contributed by atoms with van der Waals surface area (Å²) in [6.45, 7) is 2.41. The van der Waals surface area contributed by atoms with Crippen LogP contribution in [-0.4, -0.2) is 16.3 Å². The maximum Gasteiger partial charge on any atom is 0.231 e. The Morgan fingerprint density at radius 3 is 2.74 bits per heavy atom. The summed E-state index contributed by atoms with van der Waals surface area (Å²) in [4.78, 5) is 4.30. The van der Waals surface area contributed by atoms with Gasteiger partial charge >= 0.3 is 0 Å². The topological polar surface area (TPSA) is 69.3 Å². The molecule has 0 spiro atoms. The highest BCUT2D eigenvalue weighted by molar-refractivity contribution is 6.31. The van der Waals surface area contributed by atoms with Crippen molar-refractivity contribution >= 4 is 11.6 Å². The minimum absolute atomic E-state index is 0.118. The lowest BCUT2D eigenvalue weighted by Gasteiger charge is -2.33. The molecule has 3 atom stereocenters. The van der Waals surface area contributed by atoms with Crippen LogP contribution in [0.2, 0.25) is 5.02 Å². The van der Waals surface area contributed by atoms with E-state index in [1.54, 1.807) is 18.6 Å². The highest BCUT2D eigenvalue weighted by atomic mass is 35.5. The predicted octanol–water partition coefficient (Wildman–Crippen LogP) is 5.87. The van der Waals surface area contributed by atoms with Crippen LogP contribution in [0.3, 0.4) is 0 Å². The first-order chi connectivity index (χ1) is 16.5. The molecule has 2 heterocycles. The summed E-state index contributed by atoms with van der Waals surface area (Å²) in [5.74, 6) is 1.18. The number of hydrogen-bond acceptors (Lipinski definition) is 5. The zero-order valence-corrected chi connectivity index (χ0v) is 19.7. The van der Waals surface area contributed by atoms with E-state index in [9.17, 15) is 5.26 Å². The average Bonchev–Trinajstić information content (AvgIpc) is 3.49. The van der Waals surface area contributed by atoms with Crippen molar-refractivity contribution in [2.75, 3.05) is 6.79 Å². The van der Waals surface area contributed by atoms with Crippen molar-refractivity contribution in [2.24, 2.45) is 12.5 Å². The van der Waals surface area contributed by atoms with Gasteiger partial charge in [-0.05, 0) is 24.1 Å². The first-order valence-electron chi connectivity index (χ1n) is 11.0. The van der Waals surface area contributed by atoms with Crippen LogP contribution < -0.4 is 9.47 Å². The van der Waals surface area contributed by atoms with Crippen molar-refractivity contribution in [3.05, 3.63) is 101 Å². The smallest absolute Gasteiger partial charge is 0.231 e. The summed E-state index contributed by atoms with van der Waals surface area (Å²) < 4.78 is 19.3. The SMILES string of the molecule is Cn1cncc1C(OCc1cc2c(cc1Cl)OCO2)C1=CC(c2ccccc2)C(C)(C#N)C=C1. The van der Waals surface area contributed by atoms with Crippen LogP contribution in [-0.2, 0) is 18.4 Å². The molecule has 0 N–H and O–H groups in total. The molecule has 172 valence electrons. The maximum atomic E-state index is 9.98. The number of benzene rings is 2. The van der Waals surface area contributed by atoms with E-state index in [-0.39, 0.29) is 19.3 Å². The van der Waals surface area contributed by atoms with Gasteiger partial charge in [0, 0.05) is 24.6 Å². The van der Waals surface area contributed by atoms with Crippen LogP contribution in [0.5, 0.6) is 11.5 Å². The molecule has 1 aliphatic heterocycles. The monoisotopic (exact) mass is 473 g/mol. The van der Waals surface area contributed by atoms with Gasteiger partial charge in [-0.2, -0.15) is 5.26 Å². The third-order valence-electron chi connectivity index (χ3n) is 6.40. The Bertz CT molecular complexity index is 1310. The highest BCUT2D eigenvalue weighted by Crippen LogP contribution is 2.45. The number of ether oxygens (including phenoxy) is 3. The third kappa shape index (κ3) is 4.09. The number of hydrogen-bond donors (Lipinski definition) is 0. The van der Waals surface area contributed by atoms with Crippen molar-refractivity contribution in [1.29, 1.82) is 5.26 Å². The summed E-state index contributed by atoms with van der Waals surface area (Å²) in [5, 5.41) is 10.5. The quantitative estimate of drug-likeness (QED) is 0.447. The summed E-state index contributed by atoms with van der Waals surface area (Å²) in [5.41, 5.74) is 3.08. The Morgan fingerprint density at radius 1 is 1.26 bits per heavy atom. The fraction of sp³-hybridized carbons (Fsp3) is 0.259. The van der Waals surface area contributed by atoms with Gasteiger partial charge in [0.1, 0.15) is 6.10 Å². The molecule has 2 aromatic carbocycles. The molecule has 7 heteroatoms. The van der Waals surface area contributed by atoms with Gasteiger partial charge in [-0.15, -0.1) is 0 Å². The summed E-state index contributed by atoms with van der Waals surface area (Å²) in [7, 11) is 1.94. The molecule has 0 radical (unpaired) electrons. The molecule has 2 aliphatic rings. The molecule has 0 saturated heterocycles. The average molecular weight is 474 g/mol. The lowest BCUT2D eigenvalue weighted by Crippen LogP contribution is -2.24. The molecule has 1 aliphatic carbocycles. The van der Waals surface area contributed by atoms with Crippen molar-refractivity contribution < 1.29 is 14.2 Å². The zero-order valence-electron chi connectivity index (χ0n) is 18.9. The van der Waals surface area contributed by atoms with Crippen LogP contribution in [0, 0.1) is 16.7 Å². The molecule has 5 rings (SSSR count). The second-order valence-electron chi connectivity index (χ2n) is 8.70. The molecule has 3 unspecified atom stereocenters. The van der Waals surface area contributed by atoms with E-state index < -0.39 is 11.5 Å². The first kappa shape index (κ1) is 22.3. The fourth-order valence-electron chi connectivity index (χ4n) is 4.39. The normalized spacial score (nSPS) is 21.7. The van der Waals surface area contributed by atoms with E-state index in [2.05, 4.69) is 29.3 Å². The molecule has 0 saturated carbocycles. The number of aryl methyl sites for hydroxylation is 1. The lowest BCUT2D eigenvalue weighted by molar-refractivity contribution is 0.0609. The fourth-order valence-corrected chi connectivity index (χ4v) is 4.60. The lowest BCUT2D eigenvalue weighted by atomic mass is 9.70. The number of nitrogens with zero attached hydrogens (tertiary/aromatic N) is 3. The van der Waals surface area contributed by atoms with Crippen LogP contribution >= 0.6 is 11.6 Å². The van der Waals surface area contributed by atoms with Crippen molar-refractivity contribution in [3.63, 3.8) is 0 Å². The van der Waals surface area contributed by atoms with Crippen molar-refractivity contribution in [2.45, 2.75) is 25.6 Å². The maximum absolute atomic E-state index is 9.98. The molecule has 1 aromatic heterocycles. The Morgan fingerprint density at radius 2 is 2.03 bits per heavy atom. The molecule has 3 aromatic rings. The number of imidazole rings is 1. The van der Waals surface area contributed by atoms with Crippen LogP contribution in [0.1, 0.15) is 35.8 Å². The molecular formula is C27H24ClN3O3. The number of fused-ring (bicyclic) bond motifs is 1. The van der Waals surface area contributed by atoms with Gasteiger partial charge in [-0.25, -0.2) is 4.98 Å². The van der Waals surface area contributed by atoms with E-state index >= 15 is 0 Å². The Hall–Kier alpha value is -3.53. The van der Waals surface area contributed by atoms with Gasteiger partial charge in [0.05, 0.1) is 41.3 Å². The van der Waals surface area contributed by atoms with Gasteiger partial charge in [-0.3, -0.25) is 0 Å². The summed E-state index contributed by atoms with van der Waals surface area (Å²) in [6, 6.07) is 16.2.